The largest absolute Gasteiger partial charge is 0.368 e. The Bertz CT molecular complexity index is 783. The van der Waals surface area contributed by atoms with E-state index in [9.17, 15) is 9.59 Å². The summed E-state index contributed by atoms with van der Waals surface area (Å²) in [6.07, 6.45) is 6.58. The van der Waals surface area contributed by atoms with Crippen molar-refractivity contribution in [1.29, 1.82) is 0 Å². The zero-order valence-electron chi connectivity index (χ0n) is 14.7. The lowest BCUT2D eigenvalue weighted by Gasteiger charge is -2.21. The van der Waals surface area contributed by atoms with E-state index in [1.165, 1.54) is 11.1 Å². The number of nitrogens with zero attached hydrogens (tertiary/aromatic N) is 5. The lowest BCUT2D eigenvalue weighted by atomic mass is 10.2. The van der Waals surface area contributed by atoms with E-state index in [-0.39, 0.29) is 5.91 Å². The van der Waals surface area contributed by atoms with Crippen molar-refractivity contribution in [1.82, 2.24) is 24.4 Å². The molecule has 1 aliphatic heterocycles. The molecule has 8 heteroatoms. The maximum absolute atomic E-state index is 12.8. The number of carbonyl (C=O) groups excluding carboxylic acids is 2. The summed E-state index contributed by atoms with van der Waals surface area (Å²) in [5.41, 5.74) is 7.36. The Morgan fingerprint density at radius 1 is 1.32 bits per heavy atom. The number of carbonyl (C=O) groups is 2. The van der Waals surface area contributed by atoms with Crippen molar-refractivity contribution in [2.75, 3.05) is 19.6 Å². The molecule has 3 rings (SSSR count). The Balaban J connectivity index is 1.86. The SMILES string of the molecule is CCN(CC)Cc1cnc2c(C(=O)N3CCC[C@@H]3C(N)=O)cnn2c1. The van der Waals surface area contributed by atoms with Crippen LogP contribution in [0.25, 0.3) is 5.65 Å². The number of fused-ring (bicyclic) bond motifs is 1. The number of likely N-dealkylation sites (tertiary alicyclic amines) is 1. The smallest absolute Gasteiger partial charge is 0.260 e. The van der Waals surface area contributed by atoms with Gasteiger partial charge in [-0.2, -0.15) is 5.10 Å². The molecule has 2 amide bonds. The summed E-state index contributed by atoms with van der Waals surface area (Å²) in [5, 5.41) is 4.27. The first-order valence-electron chi connectivity index (χ1n) is 8.70. The fourth-order valence-electron chi connectivity index (χ4n) is 3.31. The van der Waals surface area contributed by atoms with Crippen LogP contribution in [-0.4, -0.2) is 61.9 Å². The van der Waals surface area contributed by atoms with Gasteiger partial charge in [0.1, 0.15) is 11.6 Å². The van der Waals surface area contributed by atoms with Gasteiger partial charge in [-0.3, -0.25) is 14.5 Å². The van der Waals surface area contributed by atoms with Crippen LogP contribution in [0.4, 0.5) is 0 Å². The van der Waals surface area contributed by atoms with E-state index in [4.69, 9.17) is 5.73 Å². The van der Waals surface area contributed by atoms with E-state index in [0.717, 1.165) is 31.6 Å². The van der Waals surface area contributed by atoms with Gasteiger partial charge >= 0.3 is 0 Å². The van der Waals surface area contributed by atoms with Crippen LogP contribution in [0.1, 0.15) is 42.6 Å². The molecule has 3 heterocycles. The number of amides is 2. The lowest BCUT2D eigenvalue weighted by Crippen LogP contribution is -2.43. The first-order chi connectivity index (χ1) is 12.0. The third kappa shape index (κ3) is 3.34. The van der Waals surface area contributed by atoms with Crippen LogP contribution in [0.3, 0.4) is 0 Å². The third-order valence-corrected chi connectivity index (χ3v) is 4.78. The molecule has 1 saturated heterocycles. The van der Waals surface area contributed by atoms with Gasteiger partial charge in [-0.25, -0.2) is 9.50 Å². The van der Waals surface area contributed by atoms with E-state index < -0.39 is 11.9 Å². The maximum Gasteiger partial charge on any atom is 0.260 e. The van der Waals surface area contributed by atoms with Crippen LogP contribution >= 0.6 is 0 Å². The number of rotatable bonds is 6. The first kappa shape index (κ1) is 17.3. The van der Waals surface area contributed by atoms with Crippen LogP contribution in [0, 0.1) is 0 Å². The standard InChI is InChI=1S/C17H24N6O2/c1-3-21(4-2)10-12-8-19-16-13(9-20-23(16)11-12)17(25)22-7-5-6-14(22)15(18)24/h8-9,11,14H,3-7,10H2,1-2H3,(H2,18,24)/t14-/m1/s1. The molecule has 0 radical (unpaired) electrons. The molecule has 0 bridgehead atoms. The fourth-order valence-corrected chi connectivity index (χ4v) is 3.31. The van der Waals surface area contributed by atoms with E-state index >= 15 is 0 Å². The molecule has 0 saturated carbocycles. The molecule has 0 unspecified atom stereocenters. The summed E-state index contributed by atoms with van der Waals surface area (Å²) in [5.74, 6) is -0.697. The van der Waals surface area contributed by atoms with Gasteiger partial charge in [-0.1, -0.05) is 13.8 Å². The topological polar surface area (TPSA) is 96.8 Å². The molecule has 8 nitrogen and oxygen atoms in total. The van der Waals surface area contributed by atoms with Crippen molar-refractivity contribution >= 4 is 17.5 Å². The molecule has 1 fully saturated rings. The van der Waals surface area contributed by atoms with Gasteiger partial charge in [0.25, 0.3) is 5.91 Å². The molecule has 2 N–H and O–H groups in total. The van der Waals surface area contributed by atoms with Crippen molar-refractivity contribution in [3.63, 3.8) is 0 Å². The normalized spacial score (nSPS) is 17.6. The molecule has 2 aromatic rings. The average Bonchev–Trinajstić information content (AvgIpc) is 3.25. The van der Waals surface area contributed by atoms with Gasteiger partial charge in [-0.15, -0.1) is 0 Å². The second-order valence-corrected chi connectivity index (χ2v) is 6.31. The van der Waals surface area contributed by atoms with Gasteiger partial charge in [-0.05, 0) is 25.9 Å². The number of nitrogens with two attached hydrogens (primary N) is 1. The van der Waals surface area contributed by atoms with Crippen LogP contribution in [0.15, 0.2) is 18.6 Å². The van der Waals surface area contributed by atoms with Crippen LogP contribution in [0.2, 0.25) is 0 Å². The zero-order chi connectivity index (χ0) is 18.0. The lowest BCUT2D eigenvalue weighted by molar-refractivity contribution is -0.121. The van der Waals surface area contributed by atoms with E-state index in [1.807, 2.05) is 6.20 Å². The Labute approximate surface area is 146 Å². The second kappa shape index (κ2) is 7.18. The van der Waals surface area contributed by atoms with Crippen molar-refractivity contribution in [3.8, 4) is 0 Å². The van der Waals surface area contributed by atoms with Gasteiger partial charge in [0.05, 0.1) is 6.20 Å². The third-order valence-electron chi connectivity index (χ3n) is 4.78. The van der Waals surface area contributed by atoms with Crippen molar-refractivity contribution in [3.05, 3.63) is 29.7 Å². The highest BCUT2D eigenvalue weighted by molar-refractivity contribution is 6.02. The Morgan fingerprint density at radius 2 is 2.08 bits per heavy atom. The highest BCUT2D eigenvalue weighted by Gasteiger charge is 2.34. The molecule has 2 aromatic heterocycles. The minimum atomic E-state index is -0.538. The summed E-state index contributed by atoms with van der Waals surface area (Å²) < 4.78 is 1.63. The first-order valence-corrected chi connectivity index (χ1v) is 8.70. The Kier molecular flexibility index (Phi) is 4.98. The monoisotopic (exact) mass is 344 g/mol. The molecule has 1 atom stereocenters. The zero-order valence-corrected chi connectivity index (χ0v) is 14.7. The van der Waals surface area contributed by atoms with Crippen LogP contribution in [0.5, 0.6) is 0 Å². The average molecular weight is 344 g/mol. The summed E-state index contributed by atoms with van der Waals surface area (Å²) in [6.45, 7) is 7.47. The molecule has 0 spiro atoms. The molecular formula is C17H24N6O2. The molecule has 25 heavy (non-hydrogen) atoms. The van der Waals surface area contributed by atoms with Crippen LogP contribution in [-0.2, 0) is 11.3 Å². The summed E-state index contributed by atoms with van der Waals surface area (Å²) in [4.78, 5) is 32.6. The molecular weight excluding hydrogens is 320 g/mol. The summed E-state index contributed by atoms with van der Waals surface area (Å²) in [7, 11) is 0. The van der Waals surface area contributed by atoms with Crippen molar-refractivity contribution in [2.24, 2.45) is 5.73 Å². The second-order valence-electron chi connectivity index (χ2n) is 6.31. The molecule has 1 aliphatic rings. The minimum absolute atomic E-state index is 0.236. The van der Waals surface area contributed by atoms with E-state index in [2.05, 4.69) is 28.8 Å². The van der Waals surface area contributed by atoms with Crippen molar-refractivity contribution in [2.45, 2.75) is 39.3 Å². The van der Waals surface area contributed by atoms with Gasteiger partial charge in [0, 0.05) is 31.0 Å². The highest BCUT2D eigenvalue weighted by Crippen LogP contribution is 2.21. The number of hydrogen-bond donors (Lipinski definition) is 1. The molecule has 0 aromatic carbocycles. The highest BCUT2D eigenvalue weighted by atomic mass is 16.2. The summed E-state index contributed by atoms with van der Waals surface area (Å²) in [6, 6.07) is -0.538. The number of aromatic nitrogens is 3. The Morgan fingerprint density at radius 3 is 2.76 bits per heavy atom. The molecule has 134 valence electrons. The van der Waals surface area contributed by atoms with Crippen LogP contribution < -0.4 is 5.73 Å². The number of hydrogen-bond acceptors (Lipinski definition) is 5. The quantitative estimate of drug-likeness (QED) is 0.830. The Hall–Kier alpha value is -2.48. The van der Waals surface area contributed by atoms with E-state index in [1.54, 1.807) is 10.7 Å². The van der Waals surface area contributed by atoms with Gasteiger partial charge in [0.15, 0.2) is 5.65 Å². The van der Waals surface area contributed by atoms with Gasteiger partial charge in [0.2, 0.25) is 5.91 Å². The molecule has 0 aliphatic carbocycles. The van der Waals surface area contributed by atoms with Crippen molar-refractivity contribution < 1.29 is 9.59 Å². The predicted molar refractivity (Wildman–Crippen MR) is 92.9 cm³/mol. The summed E-state index contributed by atoms with van der Waals surface area (Å²) >= 11 is 0. The maximum atomic E-state index is 12.8. The number of primary amides is 1. The van der Waals surface area contributed by atoms with E-state index in [0.29, 0.717) is 24.2 Å². The minimum Gasteiger partial charge on any atom is -0.368 e. The predicted octanol–water partition coefficient (Wildman–Crippen LogP) is 0.661. The van der Waals surface area contributed by atoms with Gasteiger partial charge < -0.3 is 10.6 Å². The fraction of sp³-hybridized carbons (Fsp3) is 0.529.